The van der Waals surface area contributed by atoms with Crippen LogP contribution in [0.2, 0.25) is 0 Å². The smallest absolute Gasteiger partial charge is 0.361 e. The Labute approximate surface area is 85.9 Å². The van der Waals surface area contributed by atoms with Crippen LogP contribution in [0.3, 0.4) is 0 Å². The maximum Gasteiger partial charge on any atom is 0.466 e. The summed E-state index contributed by atoms with van der Waals surface area (Å²) < 4.78 is 56.2. The van der Waals surface area contributed by atoms with Crippen LogP contribution in [0.5, 0.6) is 11.5 Å². The zero-order chi connectivity index (χ0) is 11.1. The summed E-state index contributed by atoms with van der Waals surface area (Å²) in [5.74, 6) is -0.140. The molecule has 0 aliphatic carbocycles. The SMILES string of the molecule is O=S1(=O)Oc2ccc(cc2)OS(=O)(=O)O1. The minimum Gasteiger partial charge on any atom is -0.361 e. The fourth-order valence-electron chi connectivity index (χ4n) is 0.916. The molecule has 1 aromatic carbocycles. The summed E-state index contributed by atoms with van der Waals surface area (Å²) in [5.41, 5.74) is 0. The van der Waals surface area contributed by atoms with E-state index in [1.165, 1.54) is 24.3 Å². The molecule has 0 unspecified atom stereocenters. The highest BCUT2D eigenvalue weighted by atomic mass is 32.3. The van der Waals surface area contributed by atoms with Crippen molar-refractivity contribution in [1.82, 2.24) is 0 Å². The van der Waals surface area contributed by atoms with Crippen LogP contribution < -0.4 is 8.37 Å². The van der Waals surface area contributed by atoms with Gasteiger partial charge >= 0.3 is 20.8 Å². The second-order valence-electron chi connectivity index (χ2n) is 2.52. The molecule has 2 heterocycles. The molecule has 1 aromatic rings. The van der Waals surface area contributed by atoms with Gasteiger partial charge in [-0.05, 0) is 24.3 Å². The molecule has 0 atom stereocenters. The fourth-order valence-corrected chi connectivity index (χ4v) is 2.65. The molecule has 0 saturated heterocycles. The largest absolute Gasteiger partial charge is 0.466 e. The van der Waals surface area contributed by atoms with Crippen molar-refractivity contribution in [3.8, 4) is 11.5 Å². The van der Waals surface area contributed by atoms with Crippen LogP contribution in [0, 0.1) is 0 Å². The molecule has 82 valence electrons. The molecule has 3 rings (SSSR count). The second-order valence-corrected chi connectivity index (χ2v) is 5.03. The van der Waals surface area contributed by atoms with Crippen LogP contribution in [0.25, 0.3) is 0 Å². The van der Waals surface area contributed by atoms with Crippen molar-refractivity contribution in [2.75, 3.05) is 0 Å². The zero-order valence-corrected chi connectivity index (χ0v) is 8.62. The highest BCUT2D eigenvalue weighted by Crippen LogP contribution is 2.24. The number of hydrogen-bond acceptors (Lipinski definition) is 7. The third kappa shape index (κ3) is 2.37. The summed E-state index contributed by atoms with van der Waals surface area (Å²) in [6.07, 6.45) is 0. The quantitative estimate of drug-likeness (QED) is 0.639. The molecule has 7 nitrogen and oxygen atoms in total. The number of benzene rings is 1. The molecule has 0 amide bonds. The van der Waals surface area contributed by atoms with E-state index in [9.17, 15) is 16.8 Å². The van der Waals surface area contributed by atoms with Gasteiger partial charge in [0, 0.05) is 0 Å². The van der Waals surface area contributed by atoms with Crippen LogP contribution in [0.15, 0.2) is 24.3 Å². The summed E-state index contributed by atoms with van der Waals surface area (Å²) in [5, 5.41) is 0. The summed E-state index contributed by atoms with van der Waals surface area (Å²) in [4.78, 5) is 0. The molecule has 9 heteroatoms. The summed E-state index contributed by atoms with van der Waals surface area (Å²) in [6, 6.07) is 4.93. The van der Waals surface area contributed by atoms with Crippen molar-refractivity contribution in [2.45, 2.75) is 0 Å². The second kappa shape index (κ2) is 3.08. The van der Waals surface area contributed by atoms with E-state index in [0.717, 1.165) is 0 Å². The minimum absolute atomic E-state index is 0.0700. The Bertz CT molecular complexity index is 515. The average Bonchev–Trinajstić information content (AvgIpc) is 2.10. The number of rotatable bonds is 0. The molecule has 0 fully saturated rings. The standard InChI is InChI=1S/C6H4O7S2/c7-14(8)11-5-1-2-6(4-3-5)12-15(9,10)13-14/h1-4H. The minimum atomic E-state index is -4.67. The van der Waals surface area contributed by atoms with Gasteiger partial charge in [0.25, 0.3) is 0 Å². The Morgan fingerprint density at radius 3 is 1.40 bits per heavy atom. The summed E-state index contributed by atoms with van der Waals surface area (Å²) in [7, 11) is -9.35. The van der Waals surface area contributed by atoms with Gasteiger partial charge in [0.15, 0.2) is 0 Å². The fraction of sp³-hybridized carbons (Fsp3) is 0. The lowest BCUT2D eigenvalue weighted by Gasteiger charge is -2.02. The summed E-state index contributed by atoms with van der Waals surface area (Å²) >= 11 is 0. The van der Waals surface area contributed by atoms with Crippen molar-refractivity contribution in [3.63, 3.8) is 0 Å². The molecule has 0 N–H and O–H groups in total. The van der Waals surface area contributed by atoms with Crippen LogP contribution >= 0.6 is 0 Å². The van der Waals surface area contributed by atoms with E-state index in [4.69, 9.17) is 0 Å². The molecule has 2 aliphatic rings. The van der Waals surface area contributed by atoms with Gasteiger partial charge in [0.05, 0.1) is 0 Å². The molecule has 0 saturated carbocycles. The van der Waals surface area contributed by atoms with E-state index in [-0.39, 0.29) is 11.5 Å². The van der Waals surface area contributed by atoms with Gasteiger partial charge in [-0.2, -0.15) is 16.8 Å². The van der Waals surface area contributed by atoms with Gasteiger partial charge in [0.1, 0.15) is 11.5 Å². The van der Waals surface area contributed by atoms with Crippen LogP contribution in [-0.4, -0.2) is 16.8 Å². The van der Waals surface area contributed by atoms with Gasteiger partial charge in [-0.3, -0.25) is 0 Å². The first-order valence-corrected chi connectivity index (χ1v) is 6.23. The Kier molecular flexibility index (Phi) is 2.10. The van der Waals surface area contributed by atoms with Crippen molar-refractivity contribution in [1.29, 1.82) is 0 Å². The number of fused-ring (bicyclic) bond motifs is 6. The molecular formula is C6H4O7S2. The average molecular weight is 252 g/mol. The lowest BCUT2D eigenvalue weighted by Crippen LogP contribution is -2.21. The normalized spacial score (nSPS) is 21.6. The van der Waals surface area contributed by atoms with Gasteiger partial charge in [0.2, 0.25) is 0 Å². The number of hydrogen-bond donors (Lipinski definition) is 0. The Balaban J connectivity index is 2.58. The van der Waals surface area contributed by atoms with Crippen molar-refractivity contribution >= 4 is 20.8 Å². The Hall–Kier alpha value is -1.32. The van der Waals surface area contributed by atoms with E-state index in [0.29, 0.717) is 0 Å². The summed E-state index contributed by atoms with van der Waals surface area (Å²) in [6.45, 7) is 0. The van der Waals surface area contributed by atoms with Gasteiger partial charge in [-0.15, -0.1) is 0 Å². The third-order valence-electron chi connectivity index (χ3n) is 1.39. The predicted molar refractivity (Wildman–Crippen MR) is 46.6 cm³/mol. The lowest BCUT2D eigenvalue weighted by atomic mass is 10.3. The highest BCUT2D eigenvalue weighted by molar-refractivity contribution is 7.95. The topological polar surface area (TPSA) is 96.0 Å². The maximum atomic E-state index is 11.0. The molecule has 0 spiro atoms. The van der Waals surface area contributed by atoms with E-state index >= 15 is 0 Å². The van der Waals surface area contributed by atoms with Gasteiger partial charge in [-0.1, -0.05) is 3.63 Å². The molecule has 0 radical (unpaired) electrons. The third-order valence-corrected chi connectivity index (χ3v) is 3.51. The first-order chi connectivity index (χ1) is 6.86. The van der Waals surface area contributed by atoms with Crippen LogP contribution in [-0.2, 0) is 24.4 Å². The Morgan fingerprint density at radius 1 is 0.733 bits per heavy atom. The van der Waals surface area contributed by atoms with E-state index in [2.05, 4.69) is 12.0 Å². The first-order valence-electron chi connectivity index (χ1n) is 3.56. The molecule has 0 aromatic heterocycles. The van der Waals surface area contributed by atoms with Crippen molar-refractivity contribution in [3.05, 3.63) is 24.3 Å². The van der Waals surface area contributed by atoms with Gasteiger partial charge in [-0.25, -0.2) is 0 Å². The van der Waals surface area contributed by atoms with Crippen LogP contribution in [0.1, 0.15) is 0 Å². The van der Waals surface area contributed by atoms with E-state index in [1.54, 1.807) is 0 Å². The van der Waals surface area contributed by atoms with E-state index < -0.39 is 20.8 Å². The molecule has 2 aliphatic heterocycles. The van der Waals surface area contributed by atoms with Crippen molar-refractivity contribution < 1.29 is 28.8 Å². The van der Waals surface area contributed by atoms with Crippen LogP contribution in [0.4, 0.5) is 0 Å². The maximum absolute atomic E-state index is 11.0. The predicted octanol–water partition coefficient (Wildman–Crippen LogP) is -0.0360. The first kappa shape index (κ1) is 10.2. The molecular weight excluding hydrogens is 248 g/mol. The van der Waals surface area contributed by atoms with Crippen molar-refractivity contribution in [2.24, 2.45) is 0 Å². The molecule has 15 heavy (non-hydrogen) atoms. The van der Waals surface area contributed by atoms with E-state index in [1.807, 2.05) is 0 Å². The monoisotopic (exact) mass is 252 g/mol. The molecule has 2 bridgehead atoms. The van der Waals surface area contributed by atoms with Gasteiger partial charge < -0.3 is 8.37 Å². The highest BCUT2D eigenvalue weighted by Gasteiger charge is 2.28. The Morgan fingerprint density at radius 2 is 1.07 bits per heavy atom. The lowest BCUT2D eigenvalue weighted by molar-refractivity contribution is 0.355. The zero-order valence-electron chi connectivity index (χ0n) is 6.98.